The Morgan fingerprint density at radius 1 is 1.08 bits per heavy atom. The van der Waals surface area contributed by atoms with Crippen LogP contribution in [-0.4, -0.2) is 36.4 Å². The summed E-state index contributed by atoms with van der Waals surface area (Å²) in [5, 5.41) is 9.56. The first-order valence-electron chi connectivity index (χ1n) is 8.82. The Kier molecular flexibility index (Phi) is 10.1. The van der Waals surface area contributed by atoms with Crippen LogP contribution in [0.5, 0.6) is 0 Å². The lowest BCUT2D eigenvalue weighted by Crippen LogP contribution is -2.23. The van der Waals surface area contributed by atoms with Gasteiger partial charge in [0.05, 0.1) is 13.2 Å². The zero-order valence-corrected chi connectivity index (χ0v) is 15.5. The van der Waals surface area contributed by atoms with E-state index in [1.54, 1.807) is 13.8 Å². The Hall–Kier alpha value is -2.34. The standard InChI is InChI=1S/C20H28O6/c1-4-24-20(23)18(21)12-8-9-13-25-19(22)15(2)16(3)26-14-17-10-6-5-7-11-17/h5-7,10-11,15,18,21H,3-4,8-9,12-14H2,1-2H3/t15-,18+/m1/s1. The summed E-state index contributed by atoms with van der Waals surface area (Å²) in [6, 6.07) is 9.61. The summed E-state index contributed by atoms with van der Waals surface area (Å²) in [6.45, 7) is 7.95. The Morgan fingerprint density at radius 3 is 2.42 bits per heavy atom. The third kappa shape index (κ3) is 8.16. The van der Waals surface area contributed by atoms with E-state index in [0.29, 0.717) is 25.2 Å². The zero-order chi connectivity index (χ0) is 19.4. The summed E-state index contributed by atoms with van der Waals surface area (Å²) in [4.78, 5) is 23.3. The lowest BCUT2D eigenvalue weighted by atomic mass is 10.1. The van der Waals surface area contributed by atoms with Crippen molar-refractivity contribution in [2.24, 2.45) is 5.92 Å². The molecule has 2 atom stereocenters. The van der Waals surface area contributed by atoms with Crippen molar-refractivity contribution >= 4 is 11.9 Å². The minimum Gasteiger partial charge on any atom is -0.493 e. The van der Waals surface area contributed by atoms with Crippen LogP contribution >= 0.6 is 0 Å². The molecule has 0 aliphatic carbocycles. The van der Waals surface area contributed by atoms with E-state index in [1.165, 1.54) is 0 Å². The van der Waals surface area contributed by atoms with Crippen molar-refractivity contribution in [1.29, 1.82) is 0 Å². The molecule has 1 aromatic carbocycles. The number of aliphatic hydroxyl groups excluding tert-OH is 1. The van der Waals surface area contributed by atoms with Crippen LogP contribution in [0.2, 0.25) is 0 Å². The van der Waals surface area contributed by atoms with Crippen molar-refractivity contribution in [3.63, 3.8) is 0 Å². The Morgan fingerprint density at radius 2 is 1.77 bits per heavy atom. The number of esters is 2. The molecule has 0 spiro atoms. The van der Waals surface area contributed by atoms with E-state index in [-0.39, 0.29) is 19.6 Å². The van der Waals surface area contributed by atoms with E-state index in [2.05, 4.69) is 6.58 Å². The number of carbonyl (C=O) groups excluding carboxylic acids is 2. The first kappa shape index (κ1) is 21.7. The molecule has 0 heterocycles. The van der Waals surface area contributed by atoms with Gasteiger partial charge in [0.25, 0.3) is 0 Å². The van der Waals surface area contributed by atoms with Crippen molar-refractivity contribution in [1.82, 2.24) is 0 Å². The molecule has 144 valence electrons. The van der Waals surface area contributed by atoms with E-state index in [4.69, 9.17) is 14.2 Å². The van der Waals surface area contributed by atoms with Gasteiger partial charge in [-0.3, -0.25) is 4.79 Å². The SMILES string of the molecule is C=C(OCc1ccccc1)[C@@H](C)C(=O)OCCCC[C@H](O)C(=O)OCC. The second-order valence-electron chi connectivity index (χ2n) is 5.89. The predicted molar refractivity (Wildman–Crippen MR) is 97.0 cm³/mol. The van der Waals surface area contributed by atoms with Crippen molar-refractivity contribution in [2.75, 3.05) is 13.2 Å². The normalized spacial score (nSPS) is 12.7. The van der Waals surface area contributed by atoms with Crippen molar-refractivity contribution in [2.45, 2.75) is 45.8 Å². The summed E-state index contributed by atoms with van der Waals surface area (Å²) >= 11 is 0. The molecule has 6 nitrogen and oxygen atoms in total. The molecule has 0 bridgehead atoms. The molecule has 26 heavy (non-hydrogen) atoms. The van der Waals surface area contributed by atoms with Crippen LogP contribution in [0.15, 0.2) is 42.7 Å². The molecular weight excluding hydrogens is 336 g/mol. The van der Waals surface area contributed by atoms with Gasteiger partial charge in [-0.25, -0.2) is 4.79 Å². The van der Waals surface area contributed by atoms with Crippen LogP contribution in [0.4, 0.5) is 0 Å². The molecule has 0 fully saturated rings. The summed E-state index contributed by atoms with van der Waals surface area (Å²) in [6.07, 6.45) is 0.244. The lowest BCUT2D eigenvalue weighted by molar-refractivity contribution is -0.153. The molecular formula is C20H28O6. The maximum absolute atomic E-state index is 12.0. The van der Waals surface area contributed by atoms with E-state index >= 15 is 0 Å². The third-order valence-corrected chi connectivity index (χ3v) is 3.78. The number of hydrogen-bond donors (Lipinski definition) is 1. The molecule has 0 saturated heterocycles. The van der Waals surface area contributed by atoms with E-state index in [0.717, 1.165) is 5.56 Å². The average molecular weight is 364 g/mol. The van der Waals surface area contributed by atoms with Gasteiger partial charge in [0, 0.05) is 0 Å². The van der Waals surface area contributed by atoms with Gasteiger partial charge < -0.3 is 19.3 Å². The van der Waals surface area contributed by atoms with Gasteiger partial charge in [-0.1, -0.05) is 36.9 Å². The lowest BCUT2D eigenvalue weighted by Gasteiger charge is -2.15. The van der Waals surface area contributed by atoms with Crippen molar-refractivity contribution in [3.05, 3.63) is 48.2 Å². The summed E-state index contributed by atoms with van der Waals surface area (Å²) in [5.41, 5.74) is 0.995. The average Bonchev–Trinajstić information content (AvgIpc) is 2.65. The molecule has 0 aliphatic rings. The highest BCUT2D eigenvalue weighted by Gasteiger charge is 2.20. The van der Waals surface area contributed by atoms with Gasteiger partial charge in [-0.15, -0.1) is 0 Å². The monoisotopic (exact) mass is 364 g/mol. The molecule has 1 aromatic rings. The van der Waals surface area contributed by atoms with Gasteiger partial charge in [-0.05, 0) is 38.7 Å². The summed E-state index contributed by atoms with van der Waals surface area (Å²) < 4.78 is 15.4. The van der Waals surface area contributed by atoms with Crippen LogP contribution in [0.25, 0.3) is 0 Å². The maximum Gasteiger partial charge on any atom is 0.334 e. The third-order valence-electron chi connectivity index (χ3n) is 3.78. The zero-order valence-electron chi connectivity index (χ0n) is 15.5. The second kappa shape index (κ2) is 12.1. The summed E-state index contributed by atoms with van der Waals surface area (Å²) in [7, 11) is 0. The van der Waals surface area contributed by atoms with Crippen LogP contribution in [-0.2, 0) is 30.4 Å². The van der Waals surface area contributed by atoms with Crippen molar-refractivity contribution < 1.29 is 28.9 Å². The number of aliphatic hydroxyl groups is 1. The molecule has 0 saturated carbocycles. The molecule has 0 amide bonds. The Balaban J connectivity index is 2.19. The van der Waals surface area contributed by atoms with E-state index in [9.17, 15) is 14.7 Å². The van der Waals surface area contributed by atoms with Crippen LogP contribution < -0.4 is 0 Å². The highest BCUT2D eigenvalue weighted by atomic mass is 16.5. The number of benzene rings is 1. The van der Waals surface area contributed by atoms with Gasteiger partial charge in [0.1, 0.15) is 18.3 Å². The second-order valence-corrected chi connectivity index (χ2v) is 5.89. The van der Waals surface area contributed by atoms with Crippen LogP contribution in [0.1, 0.15) is 38.7 Å². The molecule has 0 aliphatic heterocycles. The highest BCUT2D eigenvalue weighted by Crippen LogP contribution is 2.15. The van der Waals surface area contributed by atoms with Crippen LogP contribution in [0.3, 0.4) is 0 Å². The van der Waals surface area contributed by atoms with Crippen LogP contribution in [0, 0.1) is 5.92 Å². The molecule has 1 rings (SSSR count). The highest BCUT2D eigenvalue weighted by molar-refractivity contribution is 5.74. The first-order valence-corrected chi connectivity index (χ1v) is 8.82. The van der Waals surface area contributed by atoms with Crippen molar-refractivity contribution in [3.8, 4) is 0 Å². The fourth-order valence-electron chi connectivity index (χ4n) is 2.10. The summed E-state index contributed by atoms with van der Waals surface area (Å²) in [5.74, 6) is -1.24. The quantitative estimate of drug-likeness (QED) is 0.349. The minimum absolute atomic E-state index is 0.213. The van der Waals surface area contributed by atoms with Gasteiger partial charge in [-0.2, -0.15) is 0 Å². The van der Waals surface area contributed by atoms with Gasteiger partial charge in [0.2, 0.25) is 0 Å². The van der Waals surface area contributed by atoms with Gasteiger partial charge >= 0.3 is 11.9 Å². The minimum atomic E-state index is -1.13. The van der Waals surface area contributed by atoms with E-state index in [1.807, 2.05) is 30.3 Å². The fraction of sp³-hybridized carbons (Fsp3) is 0.500. The Bertz CT molecular complexity index is 569. The fourth-order valence-corrected chi connectivity index (χ4v) is 2.10. The Labute approximate surface area is 154 Å². The number of ether oxygens (including phenoxy) is 3. The number of hydrogen-bond acceptors (Lipinski definition) is 6. The van der Waals surface area contributed by atoms with E-state index < -0.39 is 24.0 Å². The number of carbonyl (C=O) groups is 2. The molecule has 0 aromatic heterocycles. The molecule has 1 N–H and O–H groups in total. The smallest absolute Gasteiger partial charge is 0.334 e. The molecule has 6 heteroatoms. The molecule has 0 radical (unpaired) electrons. The number of unbranched alkanes of at least 4 members (excludes halogenated alkanes) is 1. The van der Waals surface area contributed by atoms with Gasteiger partial charge in [0.15, 0.2) is 6.10 Å². The first-order chi connectivity index (χ1) is 12.5. The molecule has 0 unspecified atom stereocenters. The largest absolute Gasteiger partial charge is 0.493 e. The topological polar surface area (TPSA) is 82.1 Å². The predicted octanol–water partition coefficient (Wildman–Crippen LogP) is 2.99. The maximum atomic E-state index is 12.0. The number of rotatable bonds is 12.